The highest BCUT2D eigenvalue weighted by atomic mass is 35.5. The van der Waals surface area contributed by atoms with Gasteiger partial charge in [-0.05, 0) is 36.2 Å². The van der Waals surface area contributed by atoms with Gasteiger partial charge in [-0.3, -0.25) is 9.59 Å². The van der Waals surface area contributed by atoms with Gasteiger partial charge in [0.2, 0.25) is 11.8 Å². The molecule has 0 aliphatic carbocycles. The van der Waals surface area contributed by atoms with Gasteiger partial charge in [0.1, 0.15) is 11.5 Å². The van der Waals surface area contributed by atoms with Gasteiger partial charge in [0.15, 0.2) is 0 Å². The van der Waals surface area contributed by atoms with E-state index in [1.54, 1.807) is 30.3 Å². The molecule has 1 saturated heterocycles. The van der Waals surface area contributed by atoms with Crippen LogP contribution in [-0.4, -0.2) is 26.0 Å². The molecule has 0 spiro atoms. The summed E-state index contributed by atoms with van der Waals surface area (Å²) in [5.41, 5.74) is 1.38. The molecule has 1 fully saturated rings. The maximum absolute atomic E-state index is 12.8. The summed E-state index contributed by atoms with van der Waals surface area (Å²) in [5.74, 6) is 0.138. The Balaban J connectivity index is 1.87. The molecule has 1 aliphatic rings. The number of rotatable bonds is 5. The van der Waals surface area contributed by atoms with Crippen LogP contribution in [0.5, 0.6) is 11.5 Å². The standard InChI is InChI=1S/C19H18ClNO4/c1-24-15-7-8-17(25-2)16(11-15)21-18(22)10-13(19(21)23)9-12-3-5-14(20)6-4-12/h3-8,11,13H,9-10H2,1-2H3/t13-/m0/s1. The normalized spacial score (nSPS) is 17.1. The molecule has 0 aromatic heterocycles. The fourth-order valence-corrected chi connectivity index (χ4v) is 3.11. The molecule has 6 heteroatoms. The summed E-state index contributed by atoms with van der Waals surface area (Å²) in [7, 11) is 3.03. The molecule has 130 valence electrons. The van der Waals surface area contributed by atoms with E-state index in [-0.39, 0.29) is 18.2 Å². The number of methoxy groups -OCH3 is 2. The molecule has 1 heterocycles. The van der Waals surface area contributed by atoms with Crippen molar-refractivity contribution in [2.24, 2.45) is 5.92 Å². The van der Waals surface area contributed by atoms with E-state index < -0.39 is 5.92 Å². The average molecular weight is 360 g/mol. The first kappa shape index (κ1) is 17.3. The minimum atomic E-state index is -0.399. The van der Waals surface area contributed by atoms with Crippen LogP contribution in [0.2, 0.25) is 5.02 Å². The van der Waals surface area contributed by atoms with Gasteiger partial charge < -0.3 is 9.47 Å². The minimum absolute atomic E-state index is 0.168. The van der Waals surface area contributed by atoms with Gasteiger partial charge in [0, 0.05) is 17.5 Å². The maximum atomic E-state index is 12.8. The highest BCUT2D eigenvalue weighted by molar-refractivity contribution is 6.30. The predicted octanol–water partition coefficient (Wildman–Crippen LogP) is 3.48. The number of nitrogens with zero attached hydrogens (tertiary/aromatic N) is 1. The van der Waals surface area contributed by atoms with E-state index in [1.165, 1.54) is 19.1 Å². The zero-order valence-corrected chi connectivity index (χ0v) is 14.7. The van der Waals surface area contributed by atoms with Crippen molar-refractivity contribution in [2.75, 3.05) is 19.1 Å². The van der Waals surface area contributed by atoms with Crippen molar-refractivity contribution in [3.63, 3.8) is 0 Å². The van der Waals surface area contributed by atoms with E-state index in [2.05, 4.69) is 0 Å². The molecule has 0 saturated carbocycles. The van der Waals surface area contributed by atoms with Crippen LogP contribution in [-0.2, 0) is 16.0 Å². The van der Waals surface area contributed by atoms with Crippen molar-refractivity contribution in [1.29, 1.82) is 0 Å². The SMILES string of the molecule is COc1ccc(OC)c(N2C(=O)C[C@H](Cc3ccc(Cl)cc3)C2=O)c1. The quantitative estimate of drug-likeness (QED) is 0.767. The highest BCUT2D eigenvalue weighted by Crippen LogP contribution is 2.37. The van der Waals surface area contributed by atoms with Crippen LogP contribution in [0.15, 0.2) is 42.5 Å². The molecule has 0 radical (unpaired) electrons. The molecule has 2 aromatic rings. The molecule has 2 amide bonds. The Morgan fingerprint density at radius 3 is 2.44 bits per heavy atom. The highest BCUT2D eigenvalue weighted by Gasteiger charge is 2.40. The molecule has 0 N–H and O–H groups in total. The zero-order chi connectivity index (χ0) is 18.0. The summed E-state index contributed by atoms with van der Waals surface area (Å²) in [6, 6.07) is 12.3. The lowest BCUT2D eigenvalue weighted by molar-refractivity contribution is -0.122. The second-order valence-electron chi connectivity index (χ2n) is 5.84. The second kappa shape index (κ2) is 7.15. The molecular weight excluding hydrogens is 342 g/mol. The third kappa shape index (κ3) is 3.46. The molecule has 0 bridgehead atoms. The van der Waals surface area contributed by atoms with Crippen LogP contribution in [0.25, 0.3) is 0 Å². The maximum Gasteiger partial charge on any atom is 0.237 e. The lowest BCUT2D eigenvalue weighted by Gasteiger charge is -2.19. The lowest BCUT2D eigenvalue weighted by atomic mass is 9.98. The van der Waals surface area contributed by atoms with E-state index in [1.807, 2.05) is 12.1 Å². The van der Waals surface area contributed by atoms with Crippen LogP contribution in [0, 0.1) is 5.92 Å². The topological polar surface area (TPSA) is 55.8 Å². The summed E-state index contributed by atoms with van der Waals surface area (Å²) >= 11 is 5.89. The number of amides is 2. The number of hydrogen-bond acceptors (Lipinski definition) is 4. The number of carbonyl (C=O) groups excluding carboxylic acids is 2. The monoisotopic (exact) mass is 359 g/mol. The number of carbonyl (C=O) groups is 2. The Hall–Kier alpha value is -2.53. The summed E-state index contributed by atoms with van der Waals surface area (Å²) < 4.78 is 10.5. The Kier molecular flexibility index (Phi) is 4.95. The van der Waals surface area contributed by atoms with Crippen molar-refractivity contribution in [1.82, 2.24) is 0 Å². The molecule has 5 nitrogen and oxygen atoms in total. The van der Waals surface area contributed by atoms with Crippen molar-refractivity contribution in [2.45, 2.75) is 12.8 Å². The van der Waals surface area contributed by atoms with Gasteiger partial charge in [-0.25, -0.2) is 4.90 Å². The van der Waals surface area contributed by atoms with Crippen LogP contribution < -0.4 is 14.4 Å². The summed E-state index contributed by atoms with van der Waals surface area (Å²) in [6.07, 6.45) is 0.659. The van der Waals surface area contributed by atoms with Crippen molar-refractivity contribution in [3.05, 3.63) is 53.1 Å². The van der Waals surface area contributed by atoms with E-state index in [0.717, 1.165) is 5.56 Å². The number of anilines is 1. The van der Waals surface area contributed by atoms with Crippen molar-refractivity contribution < 1.29 is 19.1 Å². The number of imide groups is 1. The summed E-state index contributed by atoms with van der Waals surface area (Å²) in [4.78, 5) is 26.5. The zero-order valence-electron chi connectivity index (χ0n) is 14.0. The Morgan fingerprint density at radius 2 is 1.80 bits per heavy atom. The minimum Gasteiger partial charge on any atom is -0.497 e. The summed E-state index contributed by atoms with van der Waals surface area (Å²) in [5, 5.41) is 0.639. The van der Waals surface area contributed by atoms with E-state index >= 15 is 0 Å². The third-order valence-electron chi connectivity index (χ3n) is 4.26. The van der Waals surface area contributed by atoms with Crippen LogP contribution in [0.3, 0.4) is 0 Å². The molecule has 1 atom stereocenters. The van der Waals surface area contributed by atoms with Crippen LogP contribution in [0.4, 0.5) is 5.69 Å². The number of benzene rings is 2. The number of ether oxygens (including phenoxy) is 2. The average Bonchev–Trinajstić information content (AvgIpc) is 2.89. The van der Waals surface area contributed by atoms with E-state index in [0.29, 0.717) is 28.6 Å². The summed E-state index contributed by atoms with van der Waals surface area (Å²) in [6.45, 7) is 0. The van der Waals surface area contributed by atoms with Gasteiger partial charge in [-0.1, -0.05) is 23.7 Å². The van der Waals surface area contributed by atoms with Crippen LogP contribution in [0.1, 0.15) is 12.0 Å². The fourth-order valence-electron chi connectivity index (χ4n) is 2.98. The largest absolute Gasteiger partial charge is 0.497 e. The Labute approximate surface area is 151 Å². The number of halogens is 1. The molecule has 3 rings (SSSR count). The molecule has 25 heavy (non-hydrogen) atoms. The smallest absolute Gasteiger partial charge is 0.237 e. The first-order valence-corrected chi connectivity index (χ1v) is 8.24. The number of hydrogen-bond donors (Lipinski definition) is 0. The fraction of sp³-hybridized carbons (Fsp3) is 0.263. The van der Waals surface area contributed by atoms with Crippen LogP contribution >= 0.6 is 11.6 Å². The molecule has 0 unspecified atom stereocenters. The van der Waals surface area contributed by atoms with Crippen molar-refractivity contribution >= 4 is 29.1 Å². The first-order chi connectivity index (χ1) is 12.0. The molecular formula is C19H18ClNO4. The third-order valence-corrected chi connectivity index (χ3v) is 4.51. The van der Waals surface area contributed by atoms with Gasteiger partial charge in [0.05, 0.1) is 25.8 Å². The van der Waals surface area contributed by atoms with Gasteiger partial charge in [0.25, 0.3) is 0 Å². The van der Waals surface area contributed by atoms with E-state index in [4.69, 9.17) is 21.1 Å². The Bertz CT molecular complexity index is 804. The molecule has 2 aromatic carbocycles. The van der Waals surface area contributed by atoms with Gasteiger partial charge in [-0.2, -0.15) is 0 Å². The van der Waals surface area contributed by atoms with Crippen molar-refractivity contribution in [3.8, 4) is 11.5 Å². The molecule has 1 aliphatic heterocycles. The van der Waals surface area contributed by atoms with Gasteiger partial charge >= 0.3 is 0 Å². The lowest BCUT2D eigenvalue weighted by Crippen LogP contribution is -2.31. The van der Waals surface area contributed by atoms with Gasteiger partial charge in [-0.15, -0.1) is 0 Å². The second-order valence-corrected chi connectivity index (χ2v) is 6.27. The first-order valence-electron chi connectivity index (χ1n) is 7.86. The Morgan fingerprint density at radius 1 is 1.08 bits per heavy atom. The predicted molar refractivity (Wildman–Crippen MR) is 95.3 cm³/mol. The van der Waals surface area contributed by atoms with E-state index in [9.17, 15) is 9.59 Å².